The van der Waals surface area contributed by atoms with E-state index in [-0.39, 0.29) is 0 Å². The van der Waals surface area contributed by atoms with Gasteiger partial charge in [-0.3, -0.25) is 0 Å². The average Bonchev–Trinajstić information content (AvgIpc) is 2.25. The van der Waals surface area contributed by atoms with Gasteiger partial charge in [0.15, 0.2) is 0 Å². The summed E-state index contributed by atoms with van der Waals surface area (Å²) < 4.78 is 1.74. The Morgan fingerprint density at radius 2 is 1.94 bits per heavy atom. The van der Waals surface area contributed by atoms with Crippen LogP contribution in [0.3, 0.4) is 0 Å². The van der Waals surface area contributed by atoms with Gasteiger partial charge in [0.1, 0.15) is 10.5 Å². The third-order valence-corrected chi connectivity index (χ3v) is 3.74. The van der Waals surface area contributed by atoms with Gasteiger partial charge in [-0.2, -0.15) is 0 Å². The minimum absolute atomic E-state index is 0.665. The van der Waals surface area contributed by atoms with Crippen molar-refractivity contribution in [3.63, 3.8) is 0 Å². The summed E-state index contributed by atoms with van der Waals surface area (Å²) in [5, 5.41) is 0. The van der Waals surface area contributed by atoms with Crippen LogP contribution in [0.2, 0.25) is 0 Å². The molecule has 0 fully saturated rings. The van der Waals surface area contributed by atoms with E-state index < -0.39 is 0 Å². The summed E-state index contributed by atoms with van der Waals surface area (Å²) in [6, 6.07) is 6.13. The van der Waals surface area contributed by atoms with E-state index in [0.29, 0.717) is 4.64 Å². The van der Waals surface area contributed by atoms with Crippen LogP contribution in [0.15, 0.2) is 22.7 Å². The van der Waals surface area contributed by atoms with Crippen molar-refractivity contribution in [1.82, 2.24) is 9.97 Å². The highest BCUT2D eigenvalue weighted by Crippen LogP contribution is 2.24. The number of benzene rings is 1. The van der Waals surface area contributed by atoms with Crippen molar-refractivity contribution in [2.45, 2.75) is 20.8 Å². The van der Waals surface area contributed by atoms with E-state index in [1.165, 1.54) is 5.56 Å². The number of rotatable bonds is 1. The van der Waals surface area contributed by atoms with Crippen LogP contribution in [0.4, 0.5) is 0 Å². The first kappa shape index (κ1) is 12.5. The Morgan fingerprint density at radius 1 is 1.24 bits per heavy atom. The Hall–Kier alpha value is -1.00. The number of aromatic amines is 1. The minimum Gasteiger partial charge on any atom is -0.343 e. The lowest BCUT2D eigenvalue weighted by molar-refractivity contribution is 1.05. The van der Waals surface area contributed by atoms with Crippen molar-refractivity contribution in [3.8, 4) is 11.4 Å². The number of hydrogen-bond acceptors (Lipinski definition) is 2. The molecule has 1 aromatic heterocycles. The summed E-state index contributed by atoms with van der Waals surface area (Å²) in [4.78, 5) is 7.74. The number of aryl methyl sites for hydroxylation is 2. The molecule has 0 atom stereocenters. The van der Waals surface area contributed by atoms with E-state index in [2.05, 4.69) is 38.9 Å². The highest BCUT2D eigenvalue weighted by Gasteiger charge is 2.06. The zero-order valence-corrected chi connectivity index (χ0v) is 12.4. The largest absolute Gasteiger partial charge is 0.343 e. The molecule has 0 spiro atoms. The Kier molecular flexibility index (Phi) is 3.45. The maximum Gasteiger partial charge on any atom is 0.139 e. The molecule has 1 N–H and O–H groups in total. The molecule has 88 valence electrons. The Labute approximate surface area is 114 Å². The van der Waals surface area contributed by atoms with Gasteiger partial charge in [-0.25, -0.2) is 4.98 Å². The molecule has 0 saturated heterocycles. The molecule has 2 rings (SSSR count). The van der Waals surface area contributed by atoms with Crippen molar-refractivity contribution >= 4 is 28.1 Å². The topological polar surface area (TPSA) is 28.7 Å². The van der Waals surface area contributed by atoms with Gasteiger partial charge in [-0.1, -0.05) is 28.1 Å². The smallest absolute Gasteiger partial charge is 0.139 e. The molecule has 1 aromatic carbocycles. The molecule has 0 aliphatic heterocycles. The molecular formula is C13H13BrN2S. The zero-order chi connectivity index (χ0) is 12.6. The zero-order valence-electron chi connectivity index (χ0n) is 9.97. The van der Waals surface area contributed by atoms with E-state index in [4.69, 9.17) is 12.2 Å². The first-order valence-corrected chi connectivity index (χ1v) is 6.53. The van der Waals surface area contributed by atoms with Gasteiger partial charge in [-0.05, 0) is 44.5 Å². The fraction of sp³-hybridized carbons (Fsp3) is 0.231. The normalized spacial score (nSPS) is 10.6. The fourth-order valence-corrected chi connectivity index (χ4v) is 2.39. The molecule has 0 amide bonds. The second-order valence-corrected chi connectivity index (χ2v) is 5.40. The number of aromatic nitrogens is 2. The maximum atomic E-state index is 5.26. The Balaban J connectivity index is 2.65. The van der Waals surface area contributed by atoms with Crippen molar-refractivity contribution in [2.24, 2.45) is 0 Å². The molecule has 0 radical (unpaired) electrons. The second-order valence-electron chi connectivity index (χ2n) is 4.10. The standard InChI is InChI=1S/C13H13BrN2S/c1-7-6-10(14)4-5-11(7)12-15-9(3)8(2)13(17)16-12/h4-6H,1-3H3,(H,15,16,17). The third kappa shape index (κ3) is 2.48. The number of nitrogens with one attached hydrogen (secondary N) is 1. The maximum absolute atomic E-state index is 5.26. The third-order valence-electron chi connectivity index (χ3n) is 2.85. The first-order valence-electron chi connectivity index (χ1n) is 5.33. The summed E-state index contributed by atoms with van der Waals surface area (Å²) in [7, 11) is 0. The van der Waals surface area contributed by atoms with E-state index in [0.717, 1.165) is 27.1 Å². The average molecular weight is 309 g/mol. The number of halogens is 1. The molecule has 2 nitrogen and oxygen atoms in total. The summed E-state index contributed by atoms with van der Waals surface area (Å²) >= 11 is 8.72. The van der Waals surface area contributed by atoms with Gasteiger partial charge in [0.25, 0.3) is 0 Å². The number of hydrogen-bond donors (Lipinski definition) is 1. The predicted octanol–water partition coefficient (Wildman–Crippen LogP) is 4.49. The second kappa shape index (κ2) is 4.70. The molecule has 0 bridgehead atoms. The molecule has 0 aliphatic rings. The van der Waals surface area contributed by atoms with E-state index in [1.54, 1.807) is 0 Å². The fourth-order valence-electron chi connectivity index (χ4n) is 1.67. The molecule has 2 aromatic rings. The van der Waals surface area contributed by atoms with Gasteiger partial charge >= 0.3 is 0 Å². The quantitative estimate of drug-likeness (QED) is 0.786. The lowest BCUT2D eigenvalue weighted by atomic mass is 10.1. The van der Waals surface area contributed by atoms with Crippen LogP contribution in [0.1, 0.15) is 16.8 Å². The molecule has 17 heavy (non-hydrogen) atoms. The first-order chi connectivity index (χ1) is 7.99. The van der Waals surface area contributed by atoms with Crippen molar-refractivity contribution < 1.29 is 0 Å². The van der Waals surface area contributed by atoms with Crippen LogP contribution < -0.4 is 0 Å². The van der Waals surface area contributed by atoms with E-state index in [1.807, 2.05) is 26.0 Å². The minimum atomic E-state index is 0.665. The SMILES string of the molecule is Cc1cc(Br)ccc1-c1nc(=S)c(C)c(C)[nH]1. The Bertz CT molecular complexity index is 632. The summed E-state index contributed by atoms with van der Waals surface area (Å²) in [5.41, 5.74) is 4.36. The molecule has 4 heteroatoms. The van der Waals surface area contributed by atoms with Crippen LogP contribution in [0, 0.1) is 25.4 Å². The van der Waals surface area contributed by atoms with Crippen LogP contribution in [0.5, 0.6) is 0 Å². The summed E-state index contributed by atoms with van der Waals surface area (Å²) in [6.07, 6.45) is 0. The lowest BCUT2D eigenvalue weighted by Crippen LogP contribution is -1.97. The van der Waals surface area contributed by atoms with Gasteiger partial charge < -0.3 is 4.98 Å². The van der Waals surface area contributed by atoms with Crippen molar-refractivity contribution in [2.75, 3.05) is 0 Å². The monoisotopic (exact) mass is 308 g/mol. The van der Waals surface area contributed by atoms with Crippen molar-refractivity contribution in [3.05, 3.63) is 44.1 Å². The van der Waals surface area contributed by atoms with Crippen LogP contribution in [0.25, 0.3) is 11.4 Å². The molecule has 0 aliphatic carbocycles. The number of H-pyrrole nitrogens is 1. The highest BCUT2D eigenvalue weighted by molar-refractivity contribution is 9.10. The summed E-state index contributed by atoms with van der Waals surface area (Å²) in [5.74, 6) is 0.836. The van der Waals surface area contributed by atoms with E-state index >= 15 is 0 Å². The number of nitrogens with zero attached hydrogens (tertiary/aromatic N) is 1. The van der Waals surface area contributed by atoms with E-state index in [9.17, 15) is 0 Å². The molecule has 0 unspecified atom stereocenters. The summed E-state index contributed by atoms with van der Waals surface area (Å²) in [6.45, 7) is 6.07. The van der Waals surface area contributed by atoms with Gasteiger partial charge in [0, 0.05) is 21.3 Å². The molecule has 0 saturated carbocycles. The van der Waals surface area contributed by atoms with Gasteiger partial charge in [-0.15, -0.1) is 0 Å². The van der Waals surface area contributed by atoms with Crippen molar-refractivity contribution in [1.29, 1.82) is 0 Å². The predicted molar refractivity (Wildman–Crippen MR) is 76.8 cm³/mol. The Morgan fingerprint density at radius 3 is 2.53 bits per heavy atom. The highest BCUT2D eigenvalue weighted by atomic mass is 79.9. The van der Waals surface area contributed by atoms with Gasteiger partial charge in [0.05, 0.1) is 0 Å². The van der Waals surface area contributed by atoms with Crippen LogP contribution in [-0.4, -0.2) is 9.97 Å². The van der Waals surface area contributed by atoms with Crippen LogP contribution in [-0.2, 0) is 0 Å². The lowest BCUT2D eigenvalue weighted by Gasteiger charge is -2.08. The van der Waals surface area contributed by atoms with Crippen LogP contribution >= 0.6 is 28.1 Å². The molecular weight excluding hydrogens is 296 g/mol. The molecule has 1 heterocycles. The van der Waals surface area contributed by atoms with Gasteiger partial charge in [0.2, 0.25) is 0 Å².